The van der Waals surface area contributed by atoms with Crippen LogP contribution < -0.4 is 5.32 Å². The lowest BCUT2D eigenvalue weighted by atomic mass is 9.86. The fraction of sp³-hybridized carbons (Fsp3) is 0.300. The number of aliphatic carboxylic acids is 1. The summed E-state index contributed by atoms with van der Waals surface area (Å²) in [5.41, 5.74) is 2.46. The molecule has 0 saturated heterocycles. The number of rotatable bonds is 5. The van der Waals surface area contributed by atoms with E-state index in [0.717, 1.165) is 14.7 Å². The number of carboxylic acid groups (broad SMARTS) is 1. The molecule has 2 N–H and O–H groups in total. The SMILES string of the molecule is CC(C)(C)c1ccc(C(=O)N[C@H](Cc2ccc(I)cc2)C(=O)O)cc1. The van der Waals surface area contributed by atoms with Crippen molar-refractivity contribution in [2.45, 2.75) is 38.6 Å². The van der Waals surface area contributed by atoms with Gasteiger partial charge in [0.2, 0.25) is 0 Å². The Morgan fingerprint density at radius 3 is 2.08 bits per heavy atom. The molecule has 2 rings (SSSR count). The highest BCUT2D eigenvalue weighted by molar-refractivity contribution is 14.1. The molecular formula is C20H22INO3. The molecular weight excluding hydrogens is 429 g/mol. The molecule has 0 aliphatic heterocycles. The van der Waals surface area contributed by atoms with Gasteiger partial charge in [0.25, 0.3) is 5.91 Å². The zero-order valence-electron chi connectivity index (χ0n) is 14.5. The molecule has 0 aliphatic carbocycles. The first-order valence-corrected chi connectivity index (χ1v) is 9.13. The lowest BCUT2D eigenvalue weighted by molar-refractivity contribution is -0.139. The van der Waals surface area contributed by atoms with Gasteiger partial charge in [0.15, 0.2) is 0 Å². The number of hydrogen-bond acceptors (Lipinski definition) is 2. The minimum Gasteiger partial charge on any atom is -0.480 e. The summed E-state index contributed by atoms with van der Waals surface area (Å²) in [6.45, 7) is 6.30. The number of amides is 1. The van der Waals surface area contributed by atoms with Crippen molar-refractivity contribution in [1.82, 2.24) is 5.32 Å². The van der Waals surface area contributed by atoms with E-state index in [1.54, 1.807) is 12.1 Å². The number of carboxylic acids is 1. The molecule has 0 unspecified atom stereocenters. The van der Waals surface area contributed by atoms with Gasteiger partial charge < -0.3 is 10.4 Å². The number of nitrogens with one attached hydrogen (secondary N) is 1. The zero-order valence-corrected chi connectivity index (χ0v) is 16.7. The number of carbonyl (C=O) groups is 2. The van der Waals surface area contributed by atoms with Crippen LogP contribution in [0.3, 0.4) is 0 Å². The van der Waals surface area contributed by atoms with Gasteiger partial charge in [-0.05, 0) is 63.4 Å². The first-order valence-electron chi connectivity index (χ1n) is 8.05. The van der Waals surface area contributed by atoms with Crippen LogP contribution in [0.2, 0.25) is 0 Å². The van der Waals surface area contributed by atoms with E-state index in [-0.39, 0.29) is 17.7 Å². The van der Waals surface area contributed by atoms with Crippen LogP contribution in [0.15, 0.2) is 48.5 Å². The first-order chi connectivity index (χ1) is 11.7. The van der Waals surface area contributed by atoms with Crippen molar-refractivity contribution in [3.05, 3.63) is 68.8 Å². The van der Waals surface area contributed by atoms with Crippen LogP contribution in [0.4, 0.5) is 0 Å². The van der Waals surface area contributed by atoms with Gasteiger partial charge in [-0.25, -0.2) is 4.79 Å². The molecule has 0 aromatic heterocycles. The fourth-order valence-electron chi connectivity index (χ4n) is 2.42. The molecule has 2 aromatic rings. The van der Waals surface area contributed by atoms with E-state index >= 15 is 0 Å². The Balaban J connectivity index is 2.09. The molecule has 25 heavy (non-hydrogen) atoms. The highest BCUT2D eigenvalue weighted by atomic mass is 127. The molecule has 0 bridgehead atoms. The predicted molar refractivity (Wildman–Crippen MR) is 107 cm³/mol. The summed E-state index contributed by atoms with van der Waals surface area (Å²) in [5, 5.41) is 12.0. The maximum atomic E-state index is 12.4. The predicted octanol–water partition coefficient (Wildman–Crippen LogP) is 4.01. The highest BCUT2D eigenvalue weighted by Crippen LogP contribution is 2.22. The fourth-order valence-corrected chi connectivity index (χ4v) is 2.78. The number of benzene rings is 2. The second-order valence-corrected chi connectivity index (χ2v) is 8.27. The lowest BCUT2D eigenvalue weighted by Gasteiger charge is -2.19. The smallest absolute Gasteiger partial charge is 0.326 e. The molecule has 5 heteroatoms. The Morgan fingerprint density at radius 2 is 1.60 bits per heavy atom. The van der Waals surface area contributed by atoms with Crippen LogP contribution in [-0.4, -0.2) is 23.0 Å². The van der Waals surface area contributed by atoms with E-state index in [1.165, 1.54) is 0 Å². The van der Waals surface area contributed by atoms with Gasteiger partial charge in [-0.3, -0.25) is 4.79 Å². The van der Waals surface area contributed by atoms with E-state index in [0.29, 0.717) is 5.56 Å². The molecule has 1 amide bonds. The van der Waals surface area contributed by atoms with E-state index in [1.807, 2.05) is 36.4 Å². The summed E-state index contributed by atoms with van der Waals surface area (Å²) in [6, 6.07) is 13.9. The van der Waals surface area contributed by atoms with Gasteiger partial charge in [-0.1, -0.05) is 45.0 Å². The van der Waals surface area contributed by atoms with Crippen molar-refractivity contribution in [2.24, 2.45) is 0 Å². The van der Waals surface area contributed by atoms with E-state index in [4.69, 9.17) is 0 Å². The van der Waals surface area contributed by atoms with Crippen molar-refractivity contribution in [2.75, 3.05) is 0 Å². The Labute approximate surface area is 161 Å². The number of halogens is 1. The summed E-state index contributed by atoms with van der Waals surface area (Å²) < 4.78 is 1.08. The summed E-state index contributed by atoms with van der Waals surface area (Å²) in [6.07, 6.45) is 0.248. The van der Waals surface area contributed by atoms with Gasteiger partial charge in [0, 0.05) is 15.6 Å². The minimum atomic E-state index is -1.04. The second-order valence-electron chi connectivity index (χ2n) is 7.02. The molecule has 0 aliphatic rings. The van der Waals surface area contributed by atoms with E-state index in [2.05, 4.69) is 48.7 Å². The minimum absolute atomic E-state index is 0.00340. The average Bonchev–Trinajstić information content (AvgIpc) is 2.55. The Hall–Kier alpha value is -1.89. The topological polar surface area (TPSA) is 66.4 Å². The van der Waals surface area contributed by atoms with Gasteiger partial charge >= 0.3 is 5.97 Å². The van der Waals surface area contributed by atoms with Crippen LogP contribution >= 0.6 is 22.6 Å². The molecule has 1 atom stereocenters. The summed E-state index contributed by atoms with van der Waals surface area (Å²) >= 11 is 2.19. The van der Waals surface area contributed by atoms with Crippen LogP contribution in [0.1, 0.15) is 42.3 Å². The molecule has 0 heterocycles. The normalized spacial score (nSPS) is 12.5. The largest absolute Gasteiger partial charge is 0.480 e. The van der Waals surface area contributed by atoms with Crippen LogP contribution in [0, 0.1) is 3.57 Å². The van der Waals surface area contributed by atoms with Crippen LogP contribution in [0.5, 0.6) is 0 Å². The van der Waals surface area contributed by atoms with Crippen LogP contribution in [-0.2, 0) is 16.6 Å². The van der Waals surface area contributed by atoms with Crippen molar-refractivity contribution in [3.8, 4) is 0 Å². The third-order valence-corrected chi connectivity index (χ3v) is 4.69. The van der Waals surface area contributed by atoms with Crippen molar-refractivity contribution >= 4 is 34.5 Å². The van der Waals surface area contributed by atoms with Gasteiger partial charge in [0.05, 0.1) is 0 Å². The highest BCUT2D eigenvalue weighted by Gasteiger charge is 2.21. The lowest BCUT2D eigenvalue weighted by Crippen LogP contribution is -2.42. The van der Waals surface area contributed by atoms with Crippen molar-refractivity contribution < 1.29 is 14.7 Å². The third kappa shape index (κ3) is 5.56. The standard InChI is InChI=1S/C20H22INO3/c1-20(2,3)15-8-6-14(7-9-15)18(23)22-17(19(24)25)12-13-4-10-16(21)11-5-13/h4-11,17H,12H2,1-3H3,(H,22,23)(H,24,25)/t17-/m1/s1. The molecule has 4 nitrogen and oxygen atoms in total. The van der Waals surface area contributed by atoms with Crippen LogP contribution in [0.25, 0.3) is 0 Å². The number of carbonyl (C=O) groups excluding carboxylic acids is 1. The Morgan fingerprint density at radius 1 is 1.04 bits per heavy atom. The molecule has 0 fully saturated rings. The van der Waals surface area contributed by atoms with E-state index in [9.17, 15) is 14.7 Å². The molecule has 0 radical (unpaired) electrons. The summed E-state index contributed by atoms with van der Waals surface area (Å²) in [7, 11) is 0. The monoisotopic (exact) mass is 451 g/mol. The third-order valence-electron chi connectivity index (χ3n) is 3.97. The number of hydrogen-bond donors (Lipinski definition) is 2. The Kier molecular flexibility index (Phi) is 6.21. The average molecular weight is 451 g/mol. The molecule has 2 aromatic carbocycles. The van der Waals surface area contributed by atoms with E-state index < -0.39 is 12.0 Å². The van der Waals surface area contributed by atoms with Gasteiger partial charge in [0.1, 0.15) is 6.04 Å². The first kappa shape index (κ1) is 19.4. The zero-order chi connectivity index (χ0) is 18.6. The van der Waals surface area contributed by atoms with Crippen molar-refractivity contribution in [1.29, 1.82) is 0 Å². The van der Waals surface area contributed by atoms with Gasteiger partial charge in [-0.15, -0.1) is 0 Å². The second kappa shape index (κ2) is 7.99. The molecule has 0 spiro atoms. The molecule has 0 saturated carbocycles. The Bertz CT molecular complexity index is 746. The molecule has 132 valence electrons. The summed E-state index contributed by atoms with van der Waals surface area (Å²) in [4.78, 5) is 23.9. The summed E-state index contributed by atoms with van der Waals surface area (Å²) in [5.74, 6) is -1.42. The van der Waals surface area contributed by atoms with Gasteiger partial charge in [-0.2, -0.15) is 0 Å². The quantitative estimate of drug-likeness (QED) is 0.676. The maximum Gasteiger partial charge on any atom is 0.326 e. The maximum absolute atomic E-state index is 12.4. The van der Waals surface area contributed by atoms with Crippen molar-refractivity contribution in [3.63, 3.8) is 0 Å².